The van der Waals surface area contributed by atoms with Crippen LogP contribution >= 0.6 is 0 Å². The van der Waals surface area contributed by atoms with E-state index in [0.717, 1.165) is 41.8 Å². The van der Waals surface area contributed by atoms with Crippen LogP contribution in [0.4, 0.5) is 0 Å². The van der Waals surface area contributed by atoms with Gasteiger partial charge in [-0.2, -0.15) is 0 Å². The van der Waals surface area contributed by atoms with Crippen molar-refractivity contribution in [3.8, 4) is 0 Å². The first-order valence-corrected chi connectivity index (χ1v) is 8.75. The highest BCUT2D eigenvalue weighted by Gasteiger charge is 2.38. The van der Waals surface area contributed by atoms with E-state index in [1.807, 2.05) is 13.8 Å². The number of hydrogen-bond donors (Lipinski definition) is 2. The molecule has 5 nitrogen and oxygen atoms in total. The van der Waals surface area contributed by atoms with Gasteiger partial charge in [0, 0.05) is 28.6 Å². The summed E-state index contributed by atoms with van der Waals surface area (Å²) in [5, 5.41) is 6.55. The molecule has 1 heterocycles. The van der Waals surface area contributed by atoms with Gasteiger partial charge >= 0.3 is 0 Å². The molecule has 0 bridgehead atoms. The fourth-order valence-electron chi connectivity index (χ4n) is 2.87. The van der Waals surface area contributed by atoms with Crippen LogP contribution in [0.1, 0.15) is 53.9 Å². The first-order valence-electron chi connectivity index (χ1n) is 8.75. The van der Waals surface area contributed by atoms with E-state index in [2.05, 4.69) is 43.1 Å². The molecule has 2 aliphatic rings. The van der Waals surface area contributed by atoms with E-state index in [0.29, 0.717) is 19.8 Å². The van der Waals surface area contributed by atoms with Crippen LogP contribution < -0.4 is 10.6 Å². The molecule has 0 unspecified atom stereocenters. The molecule has 5 heteroatoms. The van der Waals surface area contributed by atoms with E-state index in [1.54, 1.807) is 0 Å². The van der Waals surface area contributed by atoms with Gasteiger partial charge in [0.25, 0.3) is 5.91 Å². The molecule has 0 atom stereocenters. The number of amides is 1. The van der Waals surface area contributed by atoms with Crippen molar-refractivity contribution in [1.29, 1.82) is 0 Å². The van der Waals surface area contributed by atoms with Crippen LogP contribution in [-0.2, 0) is 9.53 Å². The molecule has 24 heavy (non-hydrogen) atoms. The lowest BCUT2D eigenvalue weighted by molar-refractivity contribution is -0.123. The molecule has 0 spiro atoms. The van der Waals surface area contributed by atoms with E-state index in [4.69, 9.17) is 4.74 Å². The standard InChI is InChI=1S/C19H31N3O2/c1-7-14(16(20-6)22-19(5)8-9-19)15(13(2)3)17(23)21-10-18(4)11-24-12-18/h22H,6-12H2,1-5H3,(H,21,23)/b16-14-. The summed E-state index contributed by atoms with van der Waals surface area (Å²) in [6.07, 6.45) is 2.97. The first kappa shape index (κ1) is 18.7. The Hall–Kier alpha value is -1.62. The zero-order valence-corrected chi connectivity index (χ0v) is 15.7. The maximum absolute atomic E-state index is 12.8. The number of ether oxygens (including phenoxy) is 1. The van der Waals surface area contributed by atoms with Gasteiger partial charge in [-0.1, -0.05) is 19.4 Å². The second-order valence-corrected chi connectivity index (χ2v) is 7.89. The molecule has 0 aromatic carbocycles. The minimum atomic E-state index is -0.0381. The number of hydrogen-bond acceptors (Lipinski definition) is 4. The van der Waals surface area contributed by atoms with Crippen molar-refractivity contribution in [2.24, 2.45) is 10.4 Å². The first-order chi connectivity index (χ1) is 11.2. The molecule has 1 aliphatic carbocycles. The minimum Gasteiger partial charge on any atom is -0.380 e. The molecule has 2 rings (SSSR count). The van der Waals surface area contributed by atoms with Crippen molar-refractivity contribution >= 4 is 12.6 Å². The second-order valence-electron chi connectivity index (χ2n) is 7.89. The van der Waals surface area contributed by atoms with Gasteiger partial charge in [-0.25, -0.2) is 4.99 Å². The van der Waals surface area contributed by atoms with E-state index < -0.39 is 0 Å². The molecule has 0 aromatic rings. The molecular weight excluding hydrogens is 302 g/mol. The molecule has 1 saturated carbocycles. The van der Waals surface area contributed by atoms with Gasteiger partial charge in [-0.15, -0.1) is 0 Å². The van der Waals surface area contributed by atoms with Crippen LogP contribution in [0.5, 0.6) is 0 Å². The normalized spacial score (nSPS) is 21.0. The lowest BCUT2D eigenvalue weighted by Gasteiger charge is -2.38. The van der Waals surface area contributed by atoms with Crippen molar-refractivity contribution in [2.45, 2.75) is 59.4 Å². The van der Waals surface area contributed by atoms with Gasteiger partial charge in [0.2, 0.25) is 0 Å². The third-order valence-corrected chi connectivity index (χ3v) is 4.82. The molecule has 2 N–H and O–H groups in total. The average Bonchev–Trinajstić information content (AvgIpc) is 3.23. The average molecular weight is 333 g/mol. The Morgan fingerprint density at radius 1 is 1.25 bits per heavy atom. The predicted octanol–water partition coefficient (Wildman–Crippen LogP) is 2.94. The molecule has 1 aliphatic heterocycles. The van der Waals surface area contributed by atoms with E-state index in [-0.39, 0.29) is 16.9 Å². The summed E-state index contributed by atoms with van der Waals surface area (Å²) < 4.78 is 5.26. The highest BCUT2D eigenvalue weighted by Crippen LogP contribution is 2.36. The second kappa shape index (κ2) is 7.09. The lowest BCUT2D eigenvalue weighted by Crippen LogP contribution is -2.49. The number of carbonyl (C=O) groups is 1. The summed E-state index contributed by atoms with van der Waals surface area (Å²) in [5.41, 5.74) is 2.80. The highest BCUT2D eigenvalue weighted by molar-refractivity contribution is 5.98. The molecule has 2 fully saturated rings. The summed E-state index contributed by atoms with van der Waals surface area (Å²) in [6.45, 7) is 16.0. The Balaban J connectivity index is 2.21. The van der Waals surface area contributed by atoms with Gasteiger partial charge in [0.15, 0.2) is 0 Å². The van der Waals surface area contributed by atoms with Crippen LogP contribution in [0.15, 0.2) is 27.5 Å². The maximum Gasteiger partial charge on any atom is 0.251 e. The zero-order valence-electron chi connectivity index (χ0n) is 15.7. The molecular formula is C19H31N3O2. The largest absolute Gasteiger partial charge is 0.380 e. The van der Waals surface area contributed by atoms with Crippen molar-refractivity contribution in [1.82, 2.24) is 10.6 Å². The number of aliphatic imine (C=N–C) groups is 1. The molecule has 0 aromatic heterocycles. The van der Waals surface area contributed by atoms with E-state index in [1.165, 1.54) is 0 Å². The van der Waals surface area contributed by atoms with Crippen molar-refractivity contribution < 1.29 is 9.53 Å². The van der Waals surface area contributed by atoms with Gasteiger partial charge in [0.1, 0.15) is 5.82 Å². The Bertz CT molecular complexity index is 577. The van der Waals surface area contributed by atoms with Crippen LogP contribution in [0.3, 0.4) is 0 Å². The van der Waals surface area contributed by atoms with Crippen molar-refractivity contribution in [3.05, 3.63) is 22.5 Å². The topological polar surface area (TPSA) is 62.7 Å². The number of carbonyl (C=O) groups excluding carboxylic acids is 1. The third kappa shape index (κ3) is 4.26. The summed E-state index contributed by atoms with van der Waals surface area (Å²) >= 11 is 0. The quantitative estimate of drug-likeness (QED) is 0.408. The van der Waals surface area contributed by atoms with Crippen molar-refractivity contribution in [3.63, 3.8) is 0 Å². The van der Waals surface area contributed by atoms with Crippen LogP contribution in [0.2, 0.25) is 0 Å². The van der Waals surface area contributed by atoms with Crippen LogP contribution in [0, 0.1) is 5.41 Å². The SMILES string of the molecule is C=N/C(NC1(C)CC1)=C(\CC)C(C(=O)NCC1(C)COC1)=C(C)C. The minimum absolute atomic E-state index is 0.0381. The predicted molar refractivity (Wildman–Crippen MR) is 98.0 cm³/mol. The van der Waals surface area contributed by atoms with Gasteiger partial charge in [0.05, 0.1) is 13.2 Å². The Morgan fingerprint density at radius 3 is 2.25 bits per heavy atom. The summed E-state index contributed by atoms with van der Waals surface area (Å²) in [6, 6.07) is 0. The van der Waals surface area contributed by atoms with E-state index in [9.17, 15) is 4.79 Å². The lowest BCUT2D eigenvalue weighted by atomic mass is 9.88. The maximum atomic E-state index is 12.8. The van der Waals surface area contributed by atoms with Crippen molar-refractivity contribution in [2.75, 3.05) is 19.8 Å². The number of nitrogens with zero attached hydrogens (tertiary/aromatic N) is 1. The van der Waals surface area contributed by atoms with Gasteiger partial charge < -0.3 is 15.4 Å². The third-order valence-electron chi connectivity index (χ3n) is 4.82. The monoisotopic (exact) mass is 333 g/mol. The van der Waals surface area contributed by atoms with Gasteiger partial charge in [-0.3, -0.25) is 4.79 Å². The fourth-order valence-corrected chi connectivity index (χ4v) is 2.87. The zero-order chi connectivity index (χ0) is 18.0. The Morgan fingerprint density at radius 2 is 1.88 bits per heavy atom. The molecule has 0 radical (unpaired) electrons. The highest BCUT2D eigenvalue weighted by atomic mass is 16.5. The van der Waals surface area contributed by atoms with Crippen LogP contribution in [-0.4, -0.2) is 37.9 Å². The fraction of sp³-hybridized carbons (Fsp3) is 0.684. The van der Waals surface area contributed by atoms with Crippen LogP contribution in [0.25, 0.3) is 0 Å². The summed E-state index contributed by atoms with van der Waals surface area (Å²) in [4.78, 5) is 17.0. The summed E-state index contributed by atoms with van der Waals surface area (Å²) in [5.74, 6) is 0.700. The number of nitrogens with one attached hydrogen (secondary N) is 2. The van der Waals surface area contributed by atoms with E-state index >= 15 is 0 Å². The Labute approximate surface area is 145 Å². The molecule has 134 valence electrons. The number of rotatable bonds is 8. The number of allylic oxidation sites excluding steroid dienone is 1. The molecule has 1 saturated heterocycles. The Kier molecular flexibility index (Phi) is 5.53. The summed E-state index contributed by atoms with van der Waals surface area (Å²) in [7, 11) is 0. The molecule has 1 amide bonds. The smallest absolute Gasteiger partial charge is 0.251 e. The van der Waals surface area contributed by atoms with Gasteiger partial charge in [-0.05, 0) is 46.8 Å².